The molecule has 1 aromatic heterocycles. The summed E-state index contributed by atoms with van der Waals surface area (Å²) >= 11 is 1.12. The molecule has 0 aliphatic rings. The normalized spacial score (nSPS) is 11.5. The Morgan fingerprint density at radius 2 is 1.76 bits per heavy atom. The first-order chi connectivity index (χ1) is 15.6. The molecule has 1 heterocycles. The van der Waals surface area contributed by atoms with Gasteiger partial charge in [0.1, 0.15) is 0 Å². The molecule has 0 fully saturated rings. The monoisotopic (exact) mass is 481 g/mol. The van der Waals surface area contributed by atoms with Crippen LogP contribution in [0.15, 0.2) is 71.5 Å². The van der Waals surface area contributed by atoms with Crippen molar-refractivity contribution in [2.24, 2.45) is 7.05 Å². The molecular formula is C24H23N3O4S2. The molecule has 0 radical (unpaired) electrons. The van der Waals surface area contributed by atoms with Crippen LogP contribution in [0.4, 0.5) is 11.4 Å². The van der Waals surface area contributed by atoms with E-state index < -0.39 is 10.0 Å². The van der Waals surface area contributed by atoms with Gasteiger partial charge in [0.15, 0.2) is 0 Å². The summed E-state index contributed by atoms with van der Waals surface area (Å²) in [6.45, 7) is 2.14. The number of nitrogens with one attached hydrogen (secondary N) is 1. The topological polar surface area (TPSA) is 88.5 Å². The minimum atomic E-state index is -3.53. The van der Waals surface area contributed by atoms with Crippen molar-refractivity contribution < 1.29 is 13.2 Å². The van der Waals surface area contributed by atoms with Crippen molar-refractivity contribution in [2.75, 3.05) is 15.9 Å². The molecule has 0 atom stereocenters. The van der Waals surface area contributed by atoms with Crippen LogP contribution in [0.25, 0.3) is 10.2 Å². The Labute approximate surface area is 196 Å². The van der Waals surface area contributed by atoms with Gasteiger partial charge < -0.3 is 9.88 Å². The molecule has 170 valence electrons. The fourth-order valence-electron chi connectivity index (χ4n) is 3.54. The average molecular weight is 482 g/mol. The third-order valence-corrected chi connectivity index (χ3v) is 7.58. The zero-order valence-corrected chi connectivity index (χ0v) is 20.0. The number of carbonyl (C=O) groups excluding carboxylic acids is 1. The van der Waals surface area contributed by atoms with Crippen LogP contribution in [-0.2, 0) is 23.6 Å². The van der Waals surface area contributed by atoms with E-state index in [-0.39, 0.29) is 17.3 Å². The van der Waals surface area contributed by atoms with Gasteiger partial charge in [-0.15, -0.1) is 0 Å². The SMILES string of the molecule is Cc1ccccc1CN(c1ccc(C(=O)Nc2ccc3c(c2)sc(=O)n3C)cc1)S(C)(=O)=O. The first-order valence-corrected chi connectivity index (χ1v) is 12.8. The average Bonchev–Trinajstić information content (AvgIpc) is 3.05. The molecule has 1 amide bonds. The van der Waals surface area contributed by atoms with E-state index in [2.05, 4.69) is 5.32 Å². The molecule has 4 rings (SSSR count). The van der Waals surface area contributed by atoms with Gasteiger partial charge in [-0.3, -0.25) is 13.9 Å². The number of benzene rings is 3. The van der Waals surface area contributed by atoms with Gasteiger partial charge in [-0.2, -0.15) is 0 Å². The quantitative estimate of drug-likeness (QED) is 0.449. The fourth-order valence-corrected chi connectivity index (χ4v) is 5.33. The summed E-state index contributed by atoms with van der Waals surface area (Å²) in [6, 6.07) is 19.4. The Hall–Kier alpha value is -3.43. The first-order valence-electron chi connectivity index (χ1n) is 10.2. The second-order valence-electron chi connectivity index (χ2n) is 7.81. The maximum Gasteiger partial charge on any atom is 0.307 e. The molecule has 33 heavy (non-hydrogen) atoms. The predicted molar refractivity (Wildman–Crippen MR) is 134 cm³/mol. The van der Waals surface area contributed by atoms with E-state index in [1.807, 2.05) is 31.2 Å². The van der Waals surface area contributed by atoms with Gasteiger partial charge >= 0.3 is 4.87 Å². The highest BCUT2D eigenvalue weighted by molar-refractivity contribution is 7.92. The highest BCUT2D eigenvalue weighted by Gasteiger charge is 2.19. The molecule has 0 aliphatic heterocycles. The van der Waals surface area contributed by atoms with Crippen LogP contribution in [0.5, 0.6) is 0 Å². The number of sulfonamides is 1. The summed E-state index contributed by atoms with van der Waals surface area (Å²) in [7, 11) is -1.82. The second-order valence-corrected chi connectivity index (χ2v) is 10.7. The number of thiazole rings is 1. The molecule has 0 saturated heterocycles. The molecule has 0 spiro atoms. The van der Waals surface area contributed by atoms with E-state index in [9.17, 15) is 18.0 Å². The zero-order chi connectivity index (χ0) is 23.8. The van der Waals surface area contributed by atoms with Crippen LogP contribution in [0.3, 0.4) is 0 Å². The predicted octanol–water partition coefficient (Wildman–Crippen LogP) is 4.13. The zero-order valence-electron chi connectivity index (χ0n) is 18.4. The number of aryl methyl sites for hydroxylation is 2. The van der Waals surface area contributed by atoms with Crippen LogP contribution >= 0.6 is 11.3 Å². The number of hydrogen-bond acceptors (Lipinski definition) is 5. The van der Waals surface area contributed by atoms with Crippen LogP contribution in [0.2, 0.25) is 0 Å². The Bertz CT molecular complexity index is 1500. The number of nitrogens with zero attached hydrogens (tertiary/aromatic N) is 2. The summed E-state index contributed by atoms with van der Waals surface area (Å²) < 4.78 is 28.6. The largest absolute Gasteiger partial charge is 0.322 e. The third kappa shape index (κ3) is 4.84. The Balaban J connectivity index is 1.55. The fraction of sp³-hybridized carbons (Fsp3) is 0.167. The number of fused-ring (bicyclic) bond motifs is 1. The van der Waals surface area contributed by atoms with Crippen molar-refractivity contribution in [2.45, 2.75) is 13.5 Å². The number of aromatic nitrogens is 1. The van der Waals surface area contributed by atoms with Gasteiger partial charge in [0, 0.05) is 18.3 Å². The summed E-state index contributed by atoms with van der Waals surface area (Å²) in [5, 5.41) is 2.83. The molecule has 0 unspecified atom stereocenters. The van der Waals surface area contributed by atoms with Crippen molar-refractivity contribution in [1.29, 1.82) is 0 Å². The van der Waals surface area contributed by atoms with E-state index in [0.29, 0.717) is 16.9 Å². The number of hydrogen-bond donors (Lipinski definition) is 1. The number of anilines is 2. The summed E-state index contributed by atoms with van der Waals surface area (Å²) in [5.41, 5.74) is 4.17. The molecule has 0 aliphatic carbocycles. The maximum atomic E-state index is 12.7. The van der Waals surface area contributed by atoms with Gasteiger partial charge in [-0.1, -0.05) is 35.6 Å². The third-order valence-electron chi connectivity index (χ3n) is 5.44. The highest BCUT2D eigenvalue weighted by atomic mass is 32.2. The van der Waals surface area contributed by atoms with E-state index >= 15 is 0 Å². The minimum Gasteiger partial charge on any atom is -0.322 e. The van der Waals surface area contributed by atoms with Crippen molar-refractivity contribution >= 4 is 48.9 Å². The number of amides is 1. The maximum absolute atomic E-state index is 12.7. The molecule has 7 nitrogen and oxygen atoms in total. The van der Waals surface area contributed by atoms with Gasteiger partial charge in [-0.05, 0) is 60.5 Å². The Morgan fingerprint density at radius 1 is 1.06 bits per heavy atom. The minimum absolute atomic E-state index is 0.0646. The first kappa shape index (κ1) is 22.8. The van der Waals surface area contributed by atoms with E-state index in [0.717, 1.165) is 32.7 Å². The Kier molecular flexibility index (Phi) is 6.09. The number of carbonyl (C=O) groups is 1. The van der Waals surface area contributed by atoms with E-state index in [1.54, 1.807) is 54.1 Å². The molecule has 1 N–H and O–H groups in total. The van der Waals surface area contributed by atoms with Crippen molar-refractivity contribution in [3.63, 3.8) is 0 Å². The van der Waals surface area contributed by atoms with Gasteiger partial charge in [0.05, 0.1) is 28.7 Å². The summed E-state index contributed by atoms with van der Waals surface area (Å²) in [4.78, 5) is 24.5. The smallest absolute Gasteiger partial charge is 0.307 e. The molecule has 0 bridgehead atoms. The van der Waals surface area contributed by atoms with E-state index in [1.165, 1.54) is 10.6 Å². The van der Waals surface area contributed by atoms with Gasteiger partial charge in [0.25, 0.3) is 5.91 Å². The lowest BCUT2D eigenvalue weighted by molar-refractivity contribution is 0.102. The van der Waals surface area contributed by atoms with Crippen LogP contribution in [0, 0.1) is 6.92 Å². The Morgan fingerprint density at radius 3 is 2.42 bits per heavy atom. The van der Waals surface area contributed by atoms with Crippen molar-refractivity contribution in [3.05, 3.63) is 93.1 Å². The van der Waals surface area contributed by atoms with Gasteiger partial charge in [-0.25, -0.2) is 8.42 Å². The van der Waals surface area contributed by atoms with Crippen LogP contribution in [-0.4, -0.2) is 25.1 Å². The van der Waals surface area contributed by atoms with Crippen LogP contribution in [0.1, 0.15) is 21.5 Å². The second kappa shape index (κ2) is 8.84. The standard InChI is InChI=1S/C24H23N3O4S2/c1-16-6-4-5-7-18(16)15-27(33(3,30)31)20-11-8-17(9-12-20)23(28)25-19-10-13-21-22(14-19)32-24(29)26(21)2/h4-14H,15H2,1-3H3,(H,25,28). The lowest BCUT2D eigenvalue weighted by Crippen LogP contribution is -2.29. The number of rotatable bonds is 6. The highest BCUT2D eigenvalue weighted by Crippen LogP contribution is 2.24. The lowest BCUT2D eigenvalue weighted by atomic mass is 10.1. The lowest BCUT2D eigenvalue weighted by Gasteiger charge is -2.23. The van der Waals surface area contributed by atoms with E-state index in [4.69, 9.17) is 0 Å². The molecule has 4 aromatic rings. The van der Waals surface area contributed by atoms with Gasteiger partial charge in [0.2, 0.25) is 10.0 Å². The molecule has 0 saturated carbocycles. The van der Waals surface area contributed by atoms with Crippen molar-refractivity contribution in [1.82, 2.24) is 4.57 Å². The summed E-state index contributed by atoms with van der Waals surface area (Å²) in [6.07, 6.45) is 1.17. The molecule has 9 heteroatoms. The van der Waals surface area contributed by atoms with Crippen molar-refractivity contribution in [3.8, 4) is 0 Å². The molecule has 3 aromatic carbocycles. The molecular weight excluding hydrogens is 458 g/mol. The summed E-state index contributed by atoms with van der Waals surface area (Å²) in [5.74, 6) is -0.325. The van der Waals surface area contributed by atoms with Crippen LogP contribution < -0.4 is 14.5 Å².